The summed E-state index contributed by atoms with van der Waals surface area (Å²) in [4.78, 5) is 0. The van der Waals surface area contributed by atoms with Crippen LogP contribution >= 0.6 is 11.6 Å². The van der Waals surface area contributed by atoms with Crippen LogP contribution in [0.4, 0.5) is 0 Å². The van der Waals surface area contributed by atoms with Gasteiger partial charge in [-0.05, 0) is 48.4 Å². The molecule has 0 aliphatic rings. The number of hydrogen-bond acceptors (Lipinski definition) is 5. The van der Waals surface area contributed by atoms with Crippen LogP contribution in [-0.2, 0) is 6.61 Å². The molecule has 0 fully saturated rings. The monoisotopic (exact) mass is 356 g/mol. The van der Waals surface area contributed by atoms with Gasteiger partial charge < -0.3 is 9.47 Å². The molecule has 0 radical (unpaired) electrons. The molecule has 0 N–H and O–H groups in total. The average molecular weight is 357 g/mol. The smallest absolute Gasteiger partial charge is 0.161 e. The zero-order valence-corrected chi connectivity index (χ0v) is 14.4. The third-order valence-electron chi connectivity index (χ3n) is 3.32. The summed E-state index contributed by atoms with van der Waals surface area (Å²) >= 11 is 5.90. The first-order valence-corrected chi connectivity index (χ1v) is 8.15. The lowest BCUT2D eigenvalue weighted by molar-refractivity contribution is 0.269. The number of benzene rings is 2. The Morgan fingerprint density at radius 3 is 2.52 bits per heavy atom. The van der Waals surface area contributed by atoms with Crippen molar-refractivity contribution in [3.05, 3.63) is 71.3 Å². The maximum atomic E-state index is 5.90. The second-order valence-electron chi connectivity index (χ2n) is 5.14. The maximum Gasteiger partial charge on any atom is 0.161 e. The number of nitrogens with zero attached hydrogens (tertiary/aromatic N) is 4. The van der Waals surface area contributed by atoms with E-state index in [1.165, 1.54) is 17.3 Å². The average Bonchev–Trinajstić information content (AvgIpc) is 3.14. The first-order chi connectivity index (χ1) is 12.2. The lowest BCUT2D eigenvalue weighted by atomic mass is 10.2. The van der Waals surface area contributed by atoms with Gasteiger partial charge >= 0.3 is 0 Å². The van der Waals surface area contributed by atoms with Gasteiger partial charge in [0.05, 0.1) is 12.8 Å². The van der Waals surface area contributed by atoms with E-state index < -0.39 is 0 Å². The molecule has 25 heavy (non-hydrogen) atoms. The number of hydrogen-bond donors (Lipinski definition) is 0. The van der Waals surface area contributed by atoms with Gasteiger partial charge in [0.25, 0.3) is 0 Å². The van der Waals surface area contributed by atoms with Crippen LogP contribution in [0.25, 0.3) is 0 Å². The van der Waals surface area contributed by atoms with Gasteiger partial charge in [-0.2, -0.15) is 5.10 Å². The fourth-order valence-corrected chi connectivity index (χ4v) is 2.25. The molecule has 2 aromatic carbocycles. The number of rotatable bonds is 7. The third kappa shape index (κ3) is 4.81. The van der Waals surface area contributed by atoms with E-state index in [1.807, 2.05) is 49.4 Å². The summed E-state index contributed by atoms with van der Waals surface area (Å²) in [5, 5.41) is 12.3. The zero-order chi connectivity index (χ0) is 17.5. The lowest BCUT2D eigenvalue weighted by Crippen LogP contribution is -2.00. The van der Waals surface area contributed by atoms with Crippen molar-refractivity contribution in [2.45, 2.75) is 13.5 Å². The van der Waals surface area contributed by atoms with E-state index in [0.29, 0.717) is 29.7 Å². The van der Waals surface area contributed by atoms with Crippen molar-refractivity contribution in [1.29, 1.82) is 0 Å². The SMILES string of the molecule is CCOc1cc(/C=N\n2cnnc2)ccc1OCc1ccc(Cl)cc1. The summed E-state index contributed by atoms with van der Waals surface area (Å²) in [7, 11) is 0. The molecule has 3 aromatic rings. The van der Waals surface area contributed by atoms with Crippen molar-refractivity contribution in [2.24, 2.45) is 5.10 Å². The van der Waals surface area contributed by atoms with Crippen LogP contribution in [0.15, 0.2) is 60.2 Å². The molecule has 0 bridgehead atoms. The molecule has 0 unspecified atom stereocenters. The van der Waals surface area contributed by atoms with E-state index in [0.717, 1.165) is 11.1 Å². The normalized spacial score (nSPS) is 11.0. The van der Waals surface area contributed by atoms with Crippen LogP contribution in [0.1, 0.15) is 18.1 Å². The molecular formula is C18H17ClN4O2. The lowest BCUT2D eigenvalue weighted by Gasteiger charge is -2.12. The highest BCUT2D eigenvalue weighted by Gasteiger charge is 2.06. The van der Waals surface area contributed by atoms with Gasteiger partial charge in [0.2, 0.25) is 0 Å². The molecule has 3 rings (SSSR count). The van der Waals surface area contributed by atoms with E-state index in [1.54, 1.807) is 6.21 Å². The van der Waals surface area contributed by atoms with E-state index in [9.17, 15) is 0 Å². The Labute approximate surface area is 150 Å². The van der Waals surface area contributed by atoms with Gasteiger partial charge in [-0.1, -0.05) is 23.7 Å². The number of ether oxygens (including phenoxy) is 2. The number of halogens is 1. The van der Waals surface area contributed by atoms with Crippen LogP contribution in [0.5, 0.6) is 11.5 Å². The van der Waals surface area contributed by atoms with Crippen LogP contribution < -0.4 is 9.47 Å². The fraction of sp³-hybridized carbons (Fsp3) is 0.167. The van der Waals surface area contributed by atoms with Gasteiger partial charge in [-0.3, -0.25) is 0 Å². The second-order valence-corrected chi connectivity index (χ2v) is 5.58. The quantitative estimate of drug-likeness (QED) is 0.604. The zero-order valence-electron chi connectivity index (χ0n) is 13.7. The van der Waals surface area contributed by atoms with Crippen LogP contribution in [0, 0.1) is 0 Å². The fourth-order valence-electron chi connectivity index (χ4n) is 2.12. The Hall–Kier alpha value is -2.86. The first kappa shape index (κ1) is 17.0. The van der Waals surface area contributed by atoms with Crippen molar-refractivity contribution in [3.8, 4) is 11.5 Å². The van der Waals surface area contributed by atoms with Crippen molar-refractivity contribution in [2.75, 3.05) is 6.61 Å². The third-order valence-corrected chi connectivity index (χ3v) is 3.57. The molecule has 1 aromatic heterocycles. The Morgan fingerprint density at radius 2 is 1.80 bits per heavy atom. The minimum Gasteiger partial charge on any atom is -0.490 e. The summed E-state index contributed by atoms with van der Waals surface area (Å²) in [6.07, 6.45) is 4.74. The topological polar surface area (TPSA) is 61.5 Å². The van der Waals surface area contributed by atoms with Crippen LogP contribution in [0.2, 0.25) is 5.02 Å². The molecule has 0 spiro atoms. The Balaban J connectivity index is 1.73. The Morgan fingerprint density at radius 1 is 1.04 bits per heavy atom. The molecular weight excluding hydrogens is 340 g/mol. The van der Waals surface area contributed by atoms with Crippen molar-refractivity contribution in [3.63, 3.8) is 0 Å². The minimum atomic E-state index is 0.436. The summed E-state index contributed by atoms with van der Waals surface area (Å²) in [6, 6.07) is 13.2. The van der Waals surface area contributed by atoms with Crippen molar-refractivity contribution >= 4 is 17.8 Å². The molecule has 0 saturated heterocycles. The second kappa shape index (κ2) is 8.30. The molecule has 0 atom stereocenters. The van der Waals surface area contributed by atoms with Crippen LogP contribution in [0.3, 0.4) is 0 Å². The largest absolute Gasteiger partial charge is 0.490 e. The predicted molar refractivity (Wildman–Crippen MR) is 96.4 cm³/mol. The molecule has 1 heterocycles. The van der Waals surface area contributed by atoms with E-state index in [4.69, 9.17) is 21.1 Å². The van der Waals surface area contributed by atoms with E-state index >= 15 is 0 Å². The highest BCUT2D eigenvalue weighted by Crippen LogP contribution is 2.29. The van der Waals surface area contributed by atoms with Gasteiger partial charge in [0.15, 0.2) is 11.5 Å². The van der Waals surface area contributed by atoms with Gasteiger partial charge in [-0.25, -0.2) is 4.68 Å². The van der Waals surface area contributed by atoms with Gasteiger partial charge in [0.1, 0.15) is 19.3 Å². The maximum absolute atomic E-state index is 5.90. The molecule has 6 nitrogen and oxygen atoms in total. The van der Waals surface area contributed by atoms with E-state index in [-0.39, 0.29) is 0 Å². The van der Waals surface area contributed by atoms with Crippen molar-refractivity contribution < 1.29 is 9.47 Å². The molecule has 0 aliphatic heterocycles. The Kier molecular flexibility index (Phi) is 5.64. The molecule has 0 saturated carbocycles. The summed E-state index contributed by atoms with van der Waals surface area (Å²) in [5.74, 6) is 1.35. The highest BCUT2D eigenvalue weighted by atomic mass is 35.5. The van der Waals surface area contributed by atoms with Gasteiger partial charge in [-0.15, -0.1) is 10.2 Å². The summed E-state index contributed by atoms with van der Waals surface area (Å²) in [6.45, 7) is 2.91. The van der Waals surface area contributed by atoms with E-state index in [2.05, 4.69) is 15.3 Å². The Bertz CT molecular complexity index is 833. The standard InChI is InChI=1S/C18H17ClN4O2/c1-2-24-18-9-15(10-22-23-12-20-21-13-23)5-8-17(18)25-11-14-3-6-16(19)7-4-14/h3-10,12-13H,2,11H2,1H3/b22-10-. The molecule has 0 amide bonds. The minimum absolute atomic E-state index is 0.436. The van der Waals surface area contributed by atoms with Crippen LogP contribution in [-0.4, -0.2) is 27.7 Å². The summed E-state index contributed by atoms with van der Waals surface area (Å²) in [5.41, 5.74) is 1.92. The molecule has 0 aliphatic carbocycles. The first-order valence-electron chi connectivity index (χ1n) is 7.77. The summed E-state index contributed by atoms with van der Waals surface area (Å²) < 4.78 is 13.1. The molecule has 7 heteroatoms. The number of aromatic nitrogens is 3. The van der Waals surface area contributed by atoms with Crippen molar-refractivity contribution in [1.82, 2.24) is 14.9 Å². The highest BCUT2D eigenvalue weighted by molar-refractivity contribution is 6.30. The van der Waals surface area contributed by atoms with Gasteiger partial charge in [0, 0.05) is 5.02 Å². The molecule has 128 valence electrons. The predicted octanol–water partition coefficient (Wildman–Crippen LogP) is 3.79.